The lowest BCUT2D eigenvalue weighted by Crippen LogP contribution is -2.18. The molecule has 2 heterocycles. The molecule has 148 valence electrons. The van der Waals surface area contributed by atoms with Crippen molar-refractivity contribution in [1.29, 1.82) is 0 Å². The minimum atomic E-state index is -0.400. The molecule has 2 N–H and O–H groups in total. The largest absolute Gasteiger partial charge is 0.490 e. The number of amides is 2. The van der Waals surface area contributed by atoms with Crippen molar-refractivity contribution in [3.63, 3.8) is 0 Å². The van der Waals surface area contributed by atoms with Gasteiger partial charge in [0.1, 0.15) is 0 Å². The molecule has 0 fully saturated rings. The Morgan fingerprint density at radius 1 is 0.931 bits per heavy atom. The van der Waals surface area contributed by atoms with Gasteiger partial charge in [-0.25, -0.2) is 0 Å². The van der Waals surface area contributed by atoms with E-state index in [2.05, 4.69) is 10.6 Å². The number of ether oxygens (including phenoxy) is 2. The number of nitrogens with one attached hydrogen (secondary N) is 2. The summed E-state index contributed by atoms with van der Waals surface area (Å²) in [5.74, 6) is 0.401. The number of fused-ring (bicyclic) bond motifs is 1. The fourth-order valence-corrected chi connectivity index (χ4v) is 3.68. The zero-order valence-electron chi connectivity index (χ0n) is 15.2. The van der Waals surface area contributed by atoms with Crippen molar-refractivity contribution in [3.8, 4) is 11.5 Å². The molecule has 0 spiro atoms. The van der Waals surface area contributed by atoms with Gasteiger partial charge in [0, 0.05) is 23.9 Å². The molecule has 4 rings (SSSR count). The molecule has 0 unspecified atom stereocenters. The molecular weight excluding hydrogens is 412 g/mol. The first kappa shape index (κ1) is 19.3. The predicted octanol–water partition coefficient (Wildman–Crippen LogP) is 5.07. The number of carbonyl (C=O) groups excluding carboxylic acids is 2. The maximum atomic E-state index is 12.9. The highest BCUT2D eigenvalue weighted by Gasteiger charge is 2.18. The summed E-state index contributed by atoms with van der Waals surface area (Å²) >= 11 is 7.75. The van der Waals surface area contributed by atoms with Crippen molar-refractivity contribution in [2.45, 2.75) is 6.42 Å². The minimum absolute atomic E-state index is 0.278. The van der Waals surface area contributed by atoms with Crippen molar-refractivity contribution < 1.29 is 19.1 Å². The van der Waals surface area contributed by atoms with Crippen LogP contribution < -0.4 is 20.1 Å². The van der Waals surface area contributed by atoms with Crippen LogP contribution >= 0.6 is 22.9 Å². The van der Waals surface area contributed by atoms with E-state index in [-0.39, 0.29) is 5.91 Å². The van der Waals surface area contributed by atoms with E-state index in [1.54, 1.807) is 47.8 Å². The number of hydrogen-bond acceptors (Lipinski definition) is 5. The molecule has 1 aromatic heterocycles. The third kappa shape index (κ3) is 4.36. The van der Waals surface area contributed by atoms with Crippen LogP contribution in [0.4, 0.5) is 11.4 Å². The molecule has 29 heavy (non-hydrogen) atoms. The van der Waals surface area contributed by atoms with Crippen LogP contribution in [0.2, 0.25) is 5.02 Å². The molecule has 6 nitrogen and oxygen atoms in total. The monoisotopic (exact) mass is 428 g/mol. The molecule has 0 saturated carbocycles. The Bertz CT molecular complexity index is 1050. The topological polar surface area (TPSA) is 76.7 Å². The number of rotatable bonds is 4. The zero-order valence-corrected chi connectivity index (χ0v) is 16.8. The smallest absolute Gasteiger partial charge is 0.257 e. The highest BCUT2D eigenvalue weighted by molar-refractivity contribution is 7.08. The molecule has 3 aromatic rings. The van der Waals surface area contributed by atoms with Gasteiger partial charge in [-0.2, -0.15) is 11.3 Å². The van der Waals surface area contributed by atoms with E-state index in [9.17, 15) is 9.59 Å². The van der Waals surface area contributed by atoms with Crippen LogP contribution in [0.15, 0.2) is 53.2 Å². The molecule has 8 heteroatoms. The molecule has 0 atom stereocenters. The van der Waals surface area contributed by atoms with Crippen LogP contribution in [0.25, 0.3) is 0 Å². The standard InChI is InChI=1S/C21H17ClN2O4S/c22-15-10-18-19(28-8-3-7-27-18)11-17(15)24-21(26)14-4-1-2-5-16(14)23-20(25)13-6-9-29-12-13/h1-2,4-6,9-12H,3,7-8H2,(H,23,25)(H,24,26). The van der Waals surface area contributed by atoms with Gasteiger partial charge in [-0.3, -0.25) is 9.59 Å². The van der Waals surface area contributed by atoms with E-state index in [1.807, 2.05) is 5.38 Å². The van der Waals surface area contributed by atoms with E-state index in [4.69, 9.17) is 21.1 Å². The summed E-state index contributed by atoms with van der Waals surface area (Å²) in [4.78, 5) is 25.3. The van der Waals surface area contributed by atoms with Crippen molar-refractivity contribution in [3.05, 3.63) is 69.4 Å². The number of hydrogen-bond donors (Lipinski definition) is 2. The third-order valence-electron chi connectivity index (χ3n) is 4.29. The van der Waals surface area contributed by atoms with Crippen LogP contribution in [-0.2, 0) is 0 Å². The molecule has 1 aliphatic heterocycles. The van der Waals surface area contributed by atoms with Gasteiger partial charge in [-0.1, -0.05) is 23.7 Å². The van der Waals surface area contributed by atoms with E-state index >= 15 is 0 Å². The summed E-state index contributed by atoms with van der Waals surface area (Å²) in [6.07, 6.45) is 0.769. The molecule has 0 bridgehead atoms. The quantitative estimate of drug-likeness (QED) is 0.608. The lowest BCUT2D eigenvalue weighted by molar-refractivity contribution is 0.102. The molecule has 0 aliphatic carbocycles. The first-order valence-electron chi connectivity index (χ1n) is 8.95. The van der Waals surface area contributed by atoms with E-state index < -0.39 is 5.91 Å². The highest BCUT2D eigenvalue weighted by Crippen LogP contribution is 2.38. The summed E-state index contributed by atoms with van der Waals surface area (Å²) in [7, 11) is 0. The average molecular weight is 429 g/mol. The third-order valence-corrected chi connectivity index (χ3v) is 5.28. The van der Waals surface area contributed by atoms with Crippen molar-refractivity contribution in [2.24, 2.45) is 0 Å². The number of carbonyl (C=O) groups is 2. The Hall–Kier alpha value is -3.03. The number of benzene rings is 2. The highest BCUT2D eigenvalue weighted by atomic mass is 35.5. The molecule has 0 saturated heterocycles. The van der Waals surface area contributed by atoms with E-state index in [1.165, 1.54) is 11.3 Å². The van der Waals surface area contributed by atoms with Gasteiger partial charge < -0.3 is 20.1 Å². The van der Waals surface area contributed by atoms with Gasteiger partial charge in [0.05, 0.1) is 40.7 Å². The number of halogens is 1. The SMILES string of the molecule is O=C(Nc1ccccc1C(=O)Nc1cc2c(cc1Cl)OCCCO2)c1ccsc1. The maximum absolute atomic E-state index is 12.9. The second-order valence-corrected chi connectivity index (χ2v) is 7.48. The normalized spacial score (nSPS) is 12.7. The second-order valence-electron chi connectivity index (χ2n) is 6.30. The van der Waals surface area contributed by atoms with Crippen molar-refractivity contribution >= 4 is 46.1 Å². The Balaban J connectivity index is 1.56. The number of thiophene rings is 1. The summed E-state index contributed by atoms with van der Waals surface area (Å²) in [6.45, 7) is 1.08. The molecule has 0 radical (unpaired) electrons. The Kier molecular flexibility index (Phi) is 5.69. The Morgan fingerprint density at radius 2 is 1.66 bits per heavy atom. The lowest BCUT2D eigenvalue weighted by atomic mass is 10.1. The predicted molar refractivity (Wildman–Crippen MR) is 114 cm³/mol. The molecule has 1 aliphatic rings. The minimum Gasteiger partial charge on any atom is -0.490 e. The van der Waals surface area contributed by atoms with Crippen LogP contribution in [0, 0.1) is 0 Å². The van der Waals surface area contributed by atoms with Gasteiger partial charge in [0.25, 0.3) is 11.8 Å². The summed E-state index contributed by atoms with van der Waals surface area (Å²) in [5, 5.41) is 9.47. The maximum Gasteiger partial charge on any atom is 0.257 e. The van der Waals surface area contributed by atoms with Gasteiger partial charge in [-0.15, -0.1) is 0 Å². The second kappa shape index (κ2) is 8.55. The van der Waals surface area contributed by atoms with Gasteiger partial charge in [0.2, 0.25) is 0 Å². The van der Waals surface area contributed by atoms with Crippen LogP contribution in [0.3, 0.4) is 0 Å². The lowest BCUT2D eigenvalue weighted by Gasteiger charge is -2.14. The van der Waals surface area contributed by atoms with Crippen LogP contribution in [0.1, 0.15) is 27.1 Å². The van der Waals surface area contributed by atoms with Crippen molar-refractivity contribution in [2.75, 3.05) is 23.8 Å². The van der Waals surface area contributed by atoms with Gasteiger partial charge >= 0.3 is 0 Å². The van der Waals surface area contributed by atoms with Gasteiger partial charge in [0.15, 0.2) is 11.5 Å². The number of anilines is 2. The fraction of sp³-hybridized carbons (Fsp3) is 0.143. The summed E-state index contributed by atoms with van der Waals surface area (Å²) in [5.41, 5.74) is 1.67. The van der Waals surface area contributed by atoms with Crippen LogP contribution in [0.5, 0.6) is 11.5 Å². The molecule has 2 amide bonds. The Labute approximate surface area is 176 Å². The summed E-state index contributed by atoms with van der Waals surface area (Å²) < 4.78 is 11.3. The zero-order chi connectivity index (χ0) is 20.2. The average Bonchev–Trinajstić information content (AvgIpc) is 3.17. The summed E-state index contributed by atoms with van der Waals surface area (Å²) in [6, 6.07) is 11.8. The fourth-order valence-electron chi connectivity index (χ4n) is 2.85. The Morgan fingerprint density at radius 3 is 2.41 bits per heavy atom. The van der Waals surface area contributed by atoms with E-state index in [0.717, 1.165) is 6.42 Å². The first-order chi connectivity index (χ1) is 14.1. The van der Waals surface area contributed by atoms with Gasteiger partial charge in [-0.05, 0) is 23.6 Å². The van der Waals surface area contributed by atoms with Crippen LogP contribution in [-0.4, -0.2) is 25.0 Å². The van der Waals surface area contributed by atoms with Crippen molar-refractivity contribution in [1.82, 2.24) is 0 Å². The molecule has 2 aromatic carbocycles. The molecular formula is C21H17ClN2O4S. The number of para-hydroxylation sites is 1. The first-order valence-corrected chi connectivity index (χ1v) is 10.3. The van der Waals surface area contributed by atoms with E-state index in [0.29, 0.717) is 52.2 Å².